The molecule has 2 N–H and O–H groups in total. The third-order valence-corrected chi connectivity index (χ3v) is 8.87. The Morgan fingerprint density at radius 3 is 2.17 bits per heavy atom. The van der Waals surface area contributed by atoms with Crippen LogP contribution in [0.3, 0.4) is 0 Å². The number of nitrogens with zero attached hydrogens (tertiary/aromatic N) is 6. The van der Waals surface area contributed by atoms with Crippen LogP contribution in [0.25, 0.3) is 11.3 Å². The lowest BCUT2D eigenvalue weighted by atomic mass is 9.91. The molecule has 2 aliphatic rings. The van der Waals surface area contributed by atoms with E-state index in [0.717, 1.165) is 36.8 Å². The van der Waals surface area contributed by atoms with Gasteiger partial charge in [0.1, 0.15) is 12.2 Å². The number of carbonyl (C=O) groups excluding carboxylic acids is 2. The number of hydrogen-bond acceptors (Lipinski definition) is 7. The number of nitro benzene ring substituents is 1. The minimum atomic E-state index is -0.457. The Morgan fingerprint density at radius 2 is 1.50 bits per heavy atom. The first-order chi connectivity index (χ1) is 22.5. The summed E-state index contributed by atoms with van der Waals surface area (Å²) in [6.07, 6.45) is 5.84. The second kappa shape index (κ2) is 14.3. The Morgan fingerprint density at radius 1 is 0.870 bits per heavy atom. The Hall–Kier alpha value is -5.10. The largest absolute Gasteiger partial charge is 0.339 e. The fraction of sp³-hybridized carbons (Fsp3) is 0.353. The number of carbonyl (C=O) groups is 2. The van der Waals surface area contributed by atoms with Gasteiger partial charge in [0.2, 0.25) is 5.91 Å². The van der Waals surface area contributed by atoms with Gasteiger partial charge in [0.15, 0.2) is 0 Å². The van der Waals surface area contributed by atoms with Crippen molar-refractivity contribution < 1.29 is 14.5 Å². The fourth-order valence-corrected chi connectivity index (χ4v) is 6.54. The maximum Gasteiger partial charge on any atom is 0.315 e. The van der Waals surface area contributed by atoms with Gasteiger partial charge in [0, 0.05) is 38.3 Å². The quantitative estimate of drug-likeness (QED) is 0.193. The number of nitro groups is 1. The lowest BCUT2D eigenvalue weighted by Crippen LogP contribution is -2.53. The van der Waals surface area contributed by atoms with Crippen LogP contribution in [0.1, 0.15) is 48.9 Å². The molecule has 0 unspecified atom stereocenters. The number of nitrogens with one attached hydrogen (secondary N) is 2. The zero-order valence-corrected chi connectivity index (χ0v) is 25.6. The normalized spacial score (nSPS) is 16.9. The molecule has 0 radical (unpaired) electrons. The van der Waals surface area contributed by atoms with Crippen molar-refractivity contribution in [3.05, 3.63) is 112 Å². The minimum absolute atomic E-state index is 0.0225. The van der Waals surface area contributed by atoms with Gasteiger partial charge >= 0.3 is 6.03 Å². The van der Waals surface area contributed by atoms with Gasteiger partial charge in [-0.25, -0.2) is 9.48 Å². The molecule has 2 fully saturated rings. The Balaban J connectivity index is 1.16. The van der Waals surface area contributed by atoms with Crippen LogP contribution in [-0.4, -0.2) is 73.9 Å². The van der Waals surface area contributed by atoms with E-state index in [1.54, 1.807) is 24.4 Å². The van der Waals surface area contributed by atoms with Crippen molar-refractivity contribution in [2.24, 2.45) is 0 Å². The molecular formula is C34H38N8O4. The van der Waals surface area contributed by atoms with Crippen LogP contribution in [0.15, 0.2) is 91.1 Å². The highest BCUT2D eigenvalue weighted by atomic mass is 16.6. The van der Waals surface area contributed by atoms with Gasteiger partial charge < -0.3 is 15.5 Å². The molecule has 0 spiro atoms. The molecule has 2 atom stereocenters. The van der Waals surface area contributed by atoms with Crippen molar-refractivity contribution in [1.29, 1.82) is 0 Å². The summed E-state index contributed by atoms with van der Waals surface area (Å²) in [5.41, 5.74) is 2.72. The third-order valence-electron chi connectivity index (χ3n) is 8.87. The summed E-state index contributed by atoms with van der Waals surface area (Å²) < 4.78 is 1.42. The second-order valence-corrected chi connectivity index (χ2v) is 11.8. The average Bonchev–Trinajstić information content (AvgIpc) is 3.78. The van der Waals surface area contributed by atoms with Crippen molar-refractivity contribution in [3.8, 4) is 11.3 Å². The molecule has 4 aromatic rings. The lowest BCUT2D eigenvalue weighted by molar-refractivity contribution is -0.384. The van der Waals surface area contributed by atoms with Gasteiger partial charge in [-0.1, -0.05) is 90.9 Å². The Labute approximate surface area is 267 Å². The molecule has 1 aromatic heterocycles. The van der Waals surface area contributed by atoms with Gasteiger partial charge in [-0.05, 0) is 30.0 Å². The van der Waals surface area contributed by atoms with Crippen molar-refractivity contribution in [1.82, 2.24) is 35.4 Å². The minimum Gasteiger partial charge on any atom is -0.339 e. The summed E-state index contributed by atoms with van der Waals surface area (Å²) in [6.45, 7) is 2.21. The van der Waals surface area contributed by atoms with Crippen LogP contribution in [0.4, 0.5) is 10.5 Å². The van der Waals surface area contributed by atoms with Crippen molar-refractivity contribution in [2.75, 3.05) is 26.2 Å². The van der Waals surface area contributed by atoms with Crippen LogP contribution >= 0.6 is 0 Å². The van der Waals surface area contributed by atoms with E-state index in [2.05, 4.69) is 38.0 Å². The number of rotatable bonds is 10. The zero-order valence-electron chi connectivity index (χ0n) is 25.6. The zero-order chi connectivity index (χ0) is 31.9. The molecule has 46 heavy (non-hydrogen) atoms. The fourth-order valence-electron chi connectivity index (χ4n) is 6.54. The van der Waals surface area contributed by atoms with E-state index in [9.17, 15) is 19.7 Å². The standard InChI is InChI=1S/C34H38N8O4/c43-31(24-41-23-29(37-38-41)28-17-9-10-18-30(28)42(45)46)39-19-21-40(22-20-39)33(26-13-5-2-6-14-26)32(25-11-3-1-4-12-25)36-34(44)35-27-15-7-8-16-27/h1-6,9-14,17-18,23,27,32-33H,7-8,15-16,19-22,24H2,(H2,35,36,44)/t32-,33+/m0/s1. The van der Waals surface area contributed by atoms with Crippen molar-refractivity contribution in [2.45, 2.75) is 50.4 Å². The molecule has 3 amide bonds. The maximum atomic E-state index is 13.3. The summed E-state index contributed by atoms with van der Waals surface area (Å²) >= 11 is 0. The molecule has 6 rings (SSSR count). The van der Waals surface area contributed by atoms with Gasteiger partial charge in [-0.15, -0.1) is 5.10 Å². The van der Waals surface area contributed by atoms with Gasteiger partial charge in [0.25, 0.3) is 5.69 Å². The number of para-hydroxylation sites is 1. The van der Waals surface area contributed by atoms with Gasteiger partial charge in [-0.3, -0.25) is 19.8 Å². The van der Waals surface area contributed by atoms with E-state index in [1.807, 2.05) is 53.4 Å². The predicted molar refractivity (Wildman–Crippen MR) is 173 cm³/mol. The molecule has 1 aliphatic carbocycles. The third kappa shape index (κ3) is 7.23. The summed E-state index contributed by atoms with van der Waals surface area (Å²) in [5, 5.41) is 26.1. The highest BCUT2D eigenvalue weighted by Crippen LogP contribution is 2.35. The first kappa shape index (κ1) is 30.9. The number of amides is 3. The molecule has 1 saturated carbocycles. The first-order valence-corrected chi connectivity index (χ1v) is 15.8. The van der Waals surface area contributed by atoms with E-state index in [4.69, 9.17) is 0 Å². The maximum absolute atomic E-state index is 13.3. The molecule has 238 valence electrons. The van der Waals surface area contributed by atoms with Crippen molar-refractivity contribution >= 4 is 17.6 Å². The molecule has 1 saturated heterocycles. The van der Waals surface area contributed by atoms with Crippen LogP contribution in [0.5, 0.6) is 0 Å². The summed E-state index contributed by atoms with van der Waals surface area (Å²) in [6, 6.07) is 26.1. The van der Waals surface area contributed by atoms with E-state index in [-0.39, 0.29) is 42.3 Å². The number of aromatic nitrogens is 3. The molecule has 0 bridgehead atoms. The molecular weight excluding hydrogens is 584 g/mol. The smallest absolute Gasteiger partial charge is 0.315 e. The molecule has 12 nitrogen and oxygen atoms in total. The molecule has 12 heteroatoms. The highest BCUT2D eigenvalue weighted by Gasteiger charge is 2.35. The van der Waals surface area contributed by atoms with Crippen LogP contribution in [-0.2, 0) is 11.3 Å². The van der Waals surface area contributed by atoms with E-state index in [1.165, 1.54) is 10.7 Å². The van der Waals surface area contributed by atoms with Gasteiger partial charge in [0.05, 0.1) is 28.8 Å². The number of piperazine rings is 1. The predicted octanol–water partition coefficient (Wildman–Crippen LogP) is 4.72. The topological polar surface area (TPSA) is 139 Å². The van der Waals surface area contributed by atoms with Crippen LogP contribution < -0.4 is 10.6 Å². The van der Waals surface area contributed by atoms with E-state index in [0.29, 0.717) is 37.4 Å². The highest BCUT2D eigenvalue weighted by molar-refractivity contribution is 5.76. The first-order valence-electron chi connectivity index (χ1n) is 15.8. The van der Waals surface area contributed by atoms with E-state index >= 15 is 0 Å². The Kier molecular flexibility index (Phi) is 9.63. The second-order valence-electron chi connectivity index (χ2n) is 11.8. The van der Waals surface area contributed by atoms with Crippen LogP contribution in [0, 0.1) is 10.1 Å². The van der Waals surface area contributed by atoms with Gasteiger partial charge in [-0.2, -0.15) is 0 Å². The summed E-state index contributed by atoms with van der Waals surface area (Å²) in [4.78, 5) is 41.8. The lowest BCUT2D eigenvalue weighted by Gasteiger charge is -2.43. The monoisotopic (exact) mass is 622 g/mol. The molecule has 3 aromatic carbocycles. The summed E-state index contributed by atoms with van der Waals surface area (Å²) in [7, 11) is 0. The number of hydrogen-bond donors (Lipinski definition) is 2. The van der Waals surface area contributed by atoms with Crippen molar-refractivity contribution in [3.63, 3.8) is 0 Å². The molecule has 2 heterocycles. The number of benzene rings is 3. The average molecular weight is 623 g/mol. The molecule has 1 aliphatic heterocycles. The Bertz CT molecular complexity index is 1630. The summed E-state index contributed by atoms with van der Waals surface area (Å²) in [5.74, 6) is -0.108. The van der Waals surface area contributed by atoms with E-state index < -0.39 is 4.92 Å². The van der Waals surface area contributed by atoms with Crippen LogP contribution in [0.2, 0.25) is 0 Å². The number of urea groups is 1. The SMILES string of the molecule is O=C(NC1CCCC1)N[C@@H](c1ccccc1)[C@@H](c1ccccc1)N1CCN(C(=O)Cn2cc(-c3ccccc3[N+](=O)[O-])nn2)CC1.